The molecule has 1 unspecified atom stereocenters. The SMILES string of the molecule is [B]C1C(C)=C(O)c2c(C)nc(C)nc21. The molecule has 14 heavy (non-hydrogen) atoms. The first kappa shape index (κ1) is 9.25. The maximum absolute atomic E-state index is 9.81. The van der Waals surface area contributed by atoms with Crippen molar-refractivity contribution in [2.45, 2.75) is 26.6 Å². The number of allylic oxidation sites excluding steroid dienone is 1. The number of hydrogen-bond acceptors (Lipinski definition) is 3. The number of hydrogen-bond donors (Lipinski definition) is 1. The summed E-state index contributed by atoms with van der Waals surface area (Å²) < 4.78 is 0. The largest absolute Gasteiger partial charge is 0.507 e. The maximum Gasteiger partial charge on any atom is 0.125 e. The van der Waals surface area contributed by atoms with Gasteiger partial charge in [-0.3, -0.25) is 0 Å². The van der Waals surface area contributed by atoms with E-state index >= 15 is 0 Å². The third-order valence-corrected chi connectivity index (χ3v) is 2.60. The number of aromatic nitrogens is 2. The minimum Gasteiger partial charge on any atom is -0.507 e. The van der Waals surface area contributed by atoms with Gasteiger partial charge >= 0.3 is 0 Å². The van der Waals surface area contributed by atoms with E-state index in [9.17, 15) is 5.11 Å². The standard InChI is InChI=1S/C10H11BN2O/c1-4-8(11)9-7(10(4)14)5(2)12-6(3)13-9/h8,14H,1-3H3. The molecule has 1 aliphatic rings. The van der Waals surface area contributed by atoms with Crippen molar-refractivity contribution in [3.63, 3.8) is 0 Å². The van der Waals surface area contributed by atoms with E-state index in [1.54, 1.807) is 0 Å². The molecule has 0 aliphatic heterocycles. The number of aryl methyl sites for hydroxylation is 2. The van der Waals surface area contributed by atoms with Crippen LogP contribution in [0.3, 0.4) is 0 Å². The maximum atomic E-state index is 9.81. The fourth-order valence-electron chi connectivity index (χ4n) is 1.81. The zero-order chi connectivity index (χ0) is 10.5. The van der Waals surface area contributed by atoms with Crippen LogP contribution in [-0.2, 0) is 0 Å². The average molecular weight is 186 g/mol. The van der Waals surface area contributed by atoms with Crippen molar-refractivity contribution >= 4 is 13.6 Å². The van der Waals surface area contributed by atoms with Crippen LogP contribution >= 0.6 is 0 Å². The van der Waals surface area contributed by atoms with Crippen LogP contribution in [0.1, 0.15) is 35.5 Å². The van der Waals surface area contributed by atoms with Crippen LogP contribution in [0, 0.1) is 13.8 Å². The Morgan fingerprint density at radius 2 is 1.86 bits per heavy atom. The number of fused-ring (bicyclic) bond motifs is 1. The number of aliphatic hydroxyl groups excluding tert-OH is 1. The Kier molecular flexibility index (Phi) is 1.87. The molecule has 70 valence electrons. The first-order valence-corrected chi connectivity index (χ1v) is 4.53. The van der Waals surface area contributed by atoms with Gasteiger partial charge in [0.25, 0.3) is 0 Å². The summed E-state index contributed by atoms with van der Waals surface area (Å²) in [5, 5.41) is 9.81. The fourth-order valence-corrected chi connectivity index (χ4v) is 1.81. The normalized spacial score (nSPS) is 20.1. The molecular formula is C10H11BN2O. The third-order valence-electron chi connectivity index (χ3n) is 2.60. The minimum absolute atomic E-state index is 0.241. The van der Waals surface area contributed by atoms with E-state index in [-0.39, 0.29) is 11.6 Å². The summed E-state index contributed by atoms with van der Waals surface area (Å²) in [6.45, 7) is 5.50. The van der Waals surface area contributed by atoms with Crippen molar-refractivity contribution in [1.29, 1.82) is 0 Å². The molecule has 0 amide bonds. The number of aliphatic hydroxyl groups is 1. The van der Waals surface area contributed by atoms with Crippen molar-refractivity contribution in [2.75, 3.05) is 0 Å². The predicted octanol–water partition coefficient (Wildman–Crippen LogP) is 1.61. The fraction of sp³-hybridized carbons (Fsp3) is 0.400. The monoisotopic (exact) mass is 186 g/mol. The van der Waals surface area contributed by atoms with Crippen LogP contribution in [0.4, 0.5) is 0 Å². The van der Waals surface area contributed by atoms with E-state index in [0.717, 1.165) is 17.0 Å². The highest BCUT2D eigenvalue weighted by Gasteiger charge is 2.28. The first-order valence-electron chi connectivity index (χ1n) is 4.53. The van der Waals surface area contributed by atoms with Gasteiger partial charge in [0.05, 0.1) is 24.8 Å². The quantitative estimate of drug-likeness (QED) is 0.626. The molecule has 2 rings (SSSR count). The summed E-state index contributed by atoms with van der Waals surface area (Å²) >= 11 is 0. The van der Waals surface area contributed by atoms with E-state index in [0.29, 0.717) is 11.4 Å². The Morgan fingerprint density at radius 1 is 1.21 bits per heavy atom. The Balaban J connectivity index is 2.73. The van der Waals surface area contributed by atoms with Gasteiger partial charge in [0.1, 0.15) is 11.6 Å². The van der Waals surface area contributed by atoms with Crippen molar-refractivity contribution < 1.29 is 5.11 Å². The Morgan fingerprint density at radius 3 is 2.50 bits per heavy atom. The molecule has 1 atom stereocenters. The van der Waals surface area contributed by atoms with Crippen molar-refractivity contribution in [2.24, 2.45) is 0 Å². The van der Waals surface area contributed by atoms with Gasteiger partial charge in [0.2, 0.25) is 0 Å². The first-order chi connectivity index (χ1) is 6.52. The van der Waals surface area contributed by atoms with Crippen molar-refractivity contribution in [1.82, 2.24) is 9.97 Å². The van der Waals surface area contributed by atoms with Crippen LogP contribution in [0.25, 0.3) is 5.76 Å². The van der Waals surface area contributed by atoms with Gasteiger partial charge in [0.15, 0.2) is 0 Å². The minimum atomic E-state index is -0.287. The molecule has 0 spiro atoms. The van der Waals surface area contributed by atoms with Gasteiger partial charge in [-0.05, 0) is 32.2 Å². The van der Waals surface area contributed by atoms with Gasteiger partial charge in [0, 0.05) is 0 Å². The summed E-state index contributed by atoms with van der Waals surface area (Å²) in [6.07, 6.45) is 0. The molecule has 1 N–H and O–H groups in total. The lowest BCUT2D eigenvalue weighted by atomic mass is 9.81. The Hall–Kier alpha value is -1.32. The van der Waals surface area contributed by atoms with Crippen LogP contribution in [0.15, 0.2) is 5.57 Å². The lowest BCUT2D eigenvalue weighted by Crippen LogP contribution is -2.04. The van der Waals surface area contributed by atoms with Gasteiger partial charge < -0.3 is 5.11 Å². The van der Waals surface area contributed by atoms with Crippen molar-refractivity contribution in [3.05, 3.63) is 28.3 Å². The van der Waals surface area contributed by atoms with E-state index < -0.39 is 0 Å². The van der Waals surface area contributed by atoms with E-state index in [2.05, 4.69) is 9.97 Å². The molecule has 0 fully saturated rings. The smallest absolute Gasteiger partial charge is 0.125 e. The van der Waals surface area contributed by atoms with E-state index in [1.807, 2.05) is 20.8 Å². The Labute approximate surface area is 84.3 Å². The number of rotatable bonds is 0. The second-order valence-corrected chi connectivity index (χ2v) is 3.63. The summed E-state index contributed by atoms with van der Waals surface area (Å²) in [4.78, 5) is 8.46. The van der Waals surface area contributed by atoms with Crippen LogP contribution in [0.2, 0.25) is 0 Å². The summed E-state index contributed by atoms with van der Waals surface area (Å²) in [7, 11) is 5.91. The molecule has 0 saturated heterocycles. The summed E-state index contributed by atoms with van der Waals surface area (Å²) in [5.74, 6) is 0.648. The van der Waals surface area contributed by atoms with Gasteiger partial charge in [-0.15, -0.1) is 0 Å². The topological polar surface area (TPSA) is 46.0 Å². The van der Waals surface area contributed by atoms with Crippen LogP contribution in [-0.4, -0.2) is 22.9 Å². The highest BCUT2D eigenvalue weighted by molar-refractivity contribution is 6.16. The molecule has 0 aromatic carbocycles. The lowest BCUT2D eigenvalue weighted by Gasteiger charge is -2.07. The molecule has 1 aromatic heterocycles. The molecule has 4 heteroatoms. The van der Waals surface area contributed by atoms with E-state index in [4.69, 9.17) is 7.85 Å². The van der Waals surface area contributed by atoms with Crippen LogP contribution in [0.5, 0.6) is 0 Å². The molecule has 1 aromatic rings. The van der Waals surface area contributed by atoms with Gasteiger partial charge in [-0.25, -0.2) is 9.97 Å². The molecule has 0 saturated carbocycles. The molecule has 3 nitrogen and oxygen atoms in total. The zero-order valence-electron chi connectivity index (χ0n) is 8.50. The highest BCUT2D eigenvalue weighted by Crippen LogP contribution is 2.38. The van der Waals surface area contributed by atoms with Crippen molar-refractivity contribution in [3.8, 4) is 0 Å². The zero-order valence-corrected chi connectivity index (χ0v) is 8.50. The molecule has 1 heterocycles. The van der Waals surface area contributed by atoms with Gasteiger partial charge in [-0.2, -0.15) is 0 Å². The molecule has 0 bridgehead atoms. The second-order valence-electron chi connectivity index (χ2n) is 3.63. The molecular weight excluding hydrogens is 175 g/mol. The predicted molar refractivity (Wildman–Crippen MR) is 55.2 cm³/mol. The van der Waals surface area contributed by atoms with Crippen LogP contribution < -0.4 is 0 Å². The summed E-state index contributed by atoms with van der Waals surface area (Å²) in [6, 6.07) is 0. The molecule has 1 aliphatic carbocycles. The second kappa shape index (κ2) is 2.84. The van der Waals surface area contributed by atoms with E-state index in [1.165, 1.54) is 0 Å². The Bertz CT molecular complexity index is 440. The third kappa shape index (κ3) is 1.06. The van der Waals surface area contributed by atoms with Gasteiger partial charge in [-0.1, -0.05) is 0 Å². The lowest BCUT2D eigenvalue weighted by molar-refractivity contribution is 0.508. The highest BCUT2D eigenvalue weighted by atomic mass is 16.3. The molecule has 2 radical (unpaired) electrons. The summed E-state index contributed by atoms with van der Waals surface area (Å²) in [5.41, 5.74) is 3.01. The number of nitrogens with zero attached hydrogens (tertiary/aromatic N) is 2. The average Bonchev–Trinajstić information content (AvgIpc) is 2.31.